The molecule has 0 fully saturated rings. The Balaban J connectivity index is 1.17. The van der Waals surface area contributed by atoms with Gasteiger partial charge in [-0.15, -0.1) is 0 Å². The third-order valence-corrected chi connectivity index (χ3v) is 11.2. The third kappa shape index (κ3) is 4.93. The highest BCUT2D eigenvalue weighted by molar-refractivity contribution is 6.19. The smallest absolute Gasteiger partial charge is 0.238 e. The van der Waals surface area contributed by atoms with Crippen molar-refractivity contribution in [1.82, 2.24) is 19.5 Å². The first-order chi connectivity index (χ1) is 30.9. The highest BCUT2D eigenvalue weighted by Gasteiger charge is 2.30. The first-order valence-electron chi connectivity index (χ1n) is 21.7. The minimum absolute atomic E-state index is 0.107. The van der Waals surface area contributed by atoms with Gasteiger partial charge in [-0.3, -0.25) is 4.90 Å². The lowest BCUT2D eigenvalue weighted by atomic mass is 9.88. The molecule has 0 unspecified atom stereocenters. The van der Waals surface area contributed by atoms with E-state index < -0.39 is 18.1 Å². The van der Waals surface area contributed by atoms with E-state index in [1.807, 2.05) is 36.4 Å². The second-order valence-corrected chi connectivity index (χ2v) is 14.4. The van der Waals surface area contributed by atoms with Crippen LogP contribution >= 0.6 is 0 Å². The van der Waals surface area contributed by atoms with Crippen LogP contribution < -0.4 is 4.90 Å². The molecule has 0 bridgehead atoms. The second kappa shape index (κ2) is 12.8. The number of rotatable bonds is 5. The monoisotopic (exact) mass is 744 g/mol. The predicted molar refractivity (Wildman–Crippen MR) is 239 cm³/mol. The van der Waals surface area contributed by atoms with E-state index in [0.717, 1.165) is 77.1 Å². The molecule has 270 valence electrons. The zero-order chi connectivity index (χ0) is 42.5. The van der Waals surface area contributed by atoms with Crippen LogP contribution in [0, 0.1) is 0 Å². The highest BCUT2D eigenvalue weighted by Crippen LogP contribution is 2.52. The fraction of sp³-hybridized carbons (Fsp3) is 0. The minimum atomic E-state index is -0.439. The van der Waals surface area contributed by atoms with Crippen molar-refractivity contribution in [2.24, 2.45) is 0 Å². The van der Waals surface area contributed by atoms with Crippen molar-refractivity contribution >= 4 is 60.7 Å². The summed E-state index contributed by atoms with van der Waals surface area (Å²) >= 11 is 0. The molecule has 0 aliphatic carbocycles. The maximum absolute atomic E-state index is 8.79. The van der Waals surface area contributed by atoms with E-state index in [4.69, 9.17) is 21.8 Å². The lowest BCUT2D eigenvalue weighted by Gasteiger charge is -2.33. The third-order valence-electron chi connectivity index (χ3n) is 11.2. The van der Waals surface area contributed by atoms with Gasteiger partial charge in [0.2, 0.25) is 5.95 Å². The van der Waals surface area contributed by atoms with E-state index in [-0.39, 0.29) is 17.6 Å². The van der Waals surface area contributed by atoms with Crippen LogP contribution in [0.1, 0.15) is 6.85 Å². The molecule has 12 rings (SSSR count). The molecule has 0 radical (unpaired) electrons. The lowest BCUT2D eigenvalue weighted by molar-refractivity contribution is 1.03. The summed E-state index contributed by atoms with van der Waals surface area (Å²) in [5.41, 5.74) is 9.12. The number of hydrogen-bond donors (Lipinski definition) is 0. The summed E-state index contributed by atoms with van der Waals surface area (Å²) < 4.78 is 44.9. The number of benzene rings is 9. The van der Waals surface area contributed by atoms with Crippen molar-refractivity contribution in [3.63, 3.8) is 0 Å². The first kappa shape index (κ1) is 27.7. The molecule has 0 saturated heterocycles. The Morgan fingerprint density at radius 3 is 2.02 bits per heavy atom. The summed E-state index contributed by atoms with van der Waals surface area (Å²) in [5, 5.41) is 6.45. The van der Waals surface area contributed by atoms with Gasteiger partial charge in [0.05, 0.1) is 29.3 Å². The maximum atomic E-state index is 8.79. The number of fused-ring (bicyclic) bond motifs is 7. The summed E-state index contributed by atoms with van der Waals surface area (Å²) in [6.07, 6.45) is 0. The Morgan fingerprint density at radius 1 is 0.431 bits per heavy atom. The Hall–Kier alpha value is -7.89. The predicted octanol–water partition coefficient (Wildman–Crippen LogP) is 13.7. The Kier molecular flexibility index (Phi) is 6.12. The number of anilines is 3. The van der Waals surface area contributed by atoms with Crippen LogP contribution in [0.5, 0.6) is 0 Å². The van der Waals surface area contributed by atoms with Crippen molar-refractivity contribution in [3.8, 4) is 50.7 Å². The zero-order valence-corrected chi connectivity index (χ0v) is 30.9. The van der Waals surface area contributed by atoms with Crippen molar-refractivity contribution in [2.45, 2.75) is 0 Å². The second-order valence-electron chi connectivity index (χ2n) is 14.4. The Bertz CT molecular complexity index is 3680. The average molecular weight is 745 g/mol. The van der Waals surface area contributed by atoms with E-state index >= 15 is 0 Å². The molecule has 0 N–H and O–H groups in total. The van der Waals surface area contributed by atoms with Gasteiger partial charge in [-0.25, -0.2) is 4.98 Å². The SMILES string of the molecule is [2H]c1c([2H])c([2H])c(-c2cccc(-c3nc(-c4cccc5c4c4ccccc4n5-c4ccccc4)nc(N4c5ccc6ccccc6c5-c5cccc6cccc4c56)n3)c2)c([2H])c1[2H]. The fourth-order valence-electron chi connectivity index (χ4n) is 8.77. The molecule has 3 heterocycles. The molecule has 1 aliphatic rings. The standard InChI is InChI=1S/C53H33N5/c1-3-15-34(16-4-1)37-20-11-21-38(33-37)51-54-52(43-27-14-30-46-50(43)41-25-9-10-28-44(41)57(46)39-22-5-2-6-23-39)56-53(55-51)58-45-29-13-19-36-18-12-26-42(48(36)45)49-40-24-8-7-17-35(40)31-32-47(49)58/h1-33H/i1D,3D,4D,15D,16D. The molecule has 0 atom stereocenters. The molecular formula is C53H33N5. The molecule has 5 nitrogen and oxygen atoms in total. The van der Waals surface area contributed by atoms with Crippen molar-refractivity contribution in [3.05, 3.63) is 200 Å². The number of hydrogen-bond acceptors (Lipinski definition) is 4. The Labute approximate surface area is 341 Å². The van der Waals surface area contributed by atoms with E-state index in [1.165, 1.54) is 0 Å². The molecule has 9 aromatic carbocycles. The minimum Gasteiger partial charge on any atom is -0.309 e. The first-order valence-corrected chi connectivity index (χ1v) is 19.2. The van der Waals surface area contributed by atoms with Gasteiger partial charge in [-0.1, -0.05) is 158 Å². The van der Waals surface area contributed by atoms with Crippen LogP contribution in [-0.2, 0) is 0 Å². The van der Waals surface area contributed by atoms with Crippen LogP contribution in [0.4, 0.5) is 17.3 Å². The molecule has 0 amide bonds. The number of para-hydroxylation sites is 2. The largest absolute Gasteiger partial charge is 0.309 e. The molecular weight excluding hydrogens is 707 g/mol. The van der Waals surface area contributed by atoms with E-state index in [0.29, 0.717) is 28.7 Å². The Morgan fingerprint density at radius 2 is 1.12 bits per heavy atom. The van der Waals surface area contributed by atoms with Crippen LogP contribution in [0.15, 0.2) is 200 Å². The van der Waals surface area contributed by atoms with Crippen LogP contribution in [0.25, 0.3) is 94.1 Å². The molecule has 1 aliphatic heterocycles. The van der Waals surface area contributed by atoms with Crippen molar-refractivity contribution in [2.75, 3.05) is 4.90 Å². The summed E-state index contributed by atoms with van der Waals surface area (Å²) in [7, 11) is 0. The molecule has 11 aromatic rings. The summed E-state index contributed by atoms with van der Waals surface area (Å²) in [6.45, 7) is 0. The van der Waals surface area contributed by atoms with E-state index in [9.17, 15) is 0 Å². The van der Waals surface area contributed by atoms with Gasteiger partial charge < -0.3 is 4.57 Å². The molecule has 58 heavy (non-hydrogen) atoms. The van der Waals surface area contributed by atoms with Gasteiger partial charge in [0.25, 0.3) is 0 Å². The van der Waals surface area contributed by atoms with E-state index in [2.05, 4.69) is 131 Å². The quantitative estimate of drug-likeness (QED) is 0.176. The number of aromatic nitrogens is 4. The van der Waals surface area contributed by atoms with Crippen molar-refractivity contribution in [1.29, 1.82) is 0 Å². The van der Waals surface area contributed by atoms with Gasteiger partial charge >= 0.3 is 0 Å². The van der Waals surface area contributed by atoms with Gasteiger partial charge in [0.15, 0.2) is 11.6 Å². The van der Waals surface area contributed by atoms with Gasteiger partial charge in [-0.05, 0) is 75.3 Å². The van der Waals surface area contributed by atoms with Crippen molar-refractivity contribution < 1.29 is 6.85 Å². The fourth-order valence-corrected chi connectivity index (χ4v) is 8.77. The van der Waals surface area contributed by atoms with Crippen LogP contribution in [0.3, 0.4) is 0 Å². The zero-order valence-electron chi connectivity index (χ0n) is 35.9. The van der Waals surface area contributed by atoms with Crippen LogP contribution in [-0.4, -0.2) is 19.5 Å². The normalized spacial score (nSPS) is 13.3. The maximum Gasteiger partial charge on any atom is 0.238 e. The highest BCUT2D eigenvalue weighted by atomic mass is 15.3. The van der Waals surface area contributed by atoms with Gasteiger partial charge in [-0.2, -0.15) is 9.97 Å². The van der Waals surface area contributed by atoms with Gasteiger partial charge in [0.1, 0.15) is 0 Å². The summed E-state index contributed by atoms with van der Waals surface area (Å²) in [5.74, 6) is 1.23. The summed E-state index contributed by atoms with van der Waals surface area (Å²) in [4.78, 5) is 18.2. The average Bonchev–Trinajstić information content (AvgIpc) is 3.68. The van der Waals surface area contributed by atoms with Crippen LogP contribution in [0.2, 0.25) is 0 Å². The molecule has 2 aromatic heterocycles. The molecule has 5 heteroatoms. The summed E-state index contributed by atoms with van der Waals surface area (Å²) in [6, 6.07) is 55.8. The molecule has 0 spiro atoms. The van der Waals surface area contributed by atoms with E-state index in [1.54, 1.807) is 12.1 Å². The topological polar surface area (TPSA) is 46.8 Å². The number of nitrogens with zero attached hydrogens (tertiary/aromatic N) is 5. The lowest BCUT2D eigenvalue weighted by Crippen LogP contribution is -2.19. The molecule has 0 saturated carbocycles. The van der Waals surface area contributed by atoms with Gasteiger partial charge in [0, 0.05) is 38.5 Å².